The molecule has 35 heavy (non-hydrogen) atoms. The van der Waals surface area contributed by atoms with Gasteiger partial charge in [-0.1, -0.05) is 12.1 Å². The number of rotatable bonds is 7. The molecule has 1 fully saturated rings. The second-order valence-corrected chi connectivity index (χ2v) is 7.44. The van der Waals surface area contributed by atoms with Crippen LogP contribution in [0.5, 0.6) is 17.2 Å². The molecular formula is C24H28N2O9. The maximum absolute atomic E-state index is 12.4. The van der Waals surface area contributed by atoms with Gasteiger partial charge in [0.15, 0.2) is 13.2 Å². The Morgan fingerprint density at radius 2 is 1.20 bits per heavy atom. The Bertz CT molecular complexity index is 1000. The Morgan fingerprint density at radius 1 is 0.743 bits per heavy atom. The van der Waals surface area contributed by atoms with E-state index in [-0.39, 0.29) is 25.0 Å². The average Bonchev–Trinajstić information content (AvgIpc) is 2.86. The van der Waals surface area contributed by atoms with Gasteiger partial charge in [0.2, 0.25) is 0 Å². The van der Waals surface area contributed by atoms with Gasteiger partial charge < -0.3 is 34.2 Å². The molecule has 188 valence electrons. The van der Waals surface area contributed by atoms with Crippen LogP contribution in [0, 0.1) is 6.92 Å². The number of piperazine rings is 1. The van der Waals surface area contributed by atoms with Gasteiger partial charge in [-0.05, 0) is 48.9 Å². The predicted molar refractivity (Wildman–Crippen MR) is 124 cm³/mol. The lowest BCUT2D eigenvalue weighted by atomic mass is 10.2. The zero-order chi connectivity index (χ0) is 25.8. The van der Waals surface area contributed by atoms with Crippen LogP contribution in [-0.4, -0.2) is 90.3 Å². The number of ether oxygens (including phenoxy) is 3. The number of hydrogen-bond donors (Lipinski definition) is 2. The number of carbonyl (C=O) groups excluding carboxylic acids is 2. The molecule has 2 aromatic carbocycles. The summed E-state index contributed by atoms with van der Waals surface area (Å²) in [6, 6.07) is 14.7. The number of aliphatic carboxylic acids is 2. The lowest BCUT2D eigenvalue weighted by Crippen LogP contribution is -2.52. The molecule has 0 unspecified atom stereocenters. The van der Waals surface area contributed by atoms with Crippen molar-refractivity contribution >= 4 is 23.8 Å². The molecule has 11 nitrogen and oxygen atoms in total. The molecule has 0 aromatic heterocycles. The van der Waals surface area contributed by atoms with Gasteiger partial charge in [0.1, 0.15) is 17.2 Å². The highest BCUT2D eigenvalue weighted by Crippen LogP contribution is 2.17. The molecule has 0 saturated carbocycles. The Morgan fingerprint density at radius 3 is 1.63 bits per heavy atom. The van der Waals surface area contributed by atoms with E-state index in [4.69, 9.17) is 34.0 Å². The monoisotopic (exact) mass is 488 g/mol. The van der Waals surface area contributed by atoms with Gasteiger partial charge in [-0.2, -0.15) is 0 Å². The molecule has 2 aromatic rings. The van der Waals surface area contributed by atoms with E-state index in [2.05, 4.69) is 0 Å². The summed E-state index contributed by atoms with van der Waals surface area (Å²) in [6.07, 6.45) is 0. The third-order valence-corrected chi connectivity index (χ3v) is 4.94. The van der Waals surface area contributed by atoms with Crippen molar-refractivity contribution in [1.29, 1.82) is 0 Å². The molecule has 1 heterocycles. The molecular weight excluding hydrogens is 460 g/mol. The third kappa shape index (κ3) is 9.24. The Kier molecular flexibility index (Phi) is 10.3. The average molecular weight is 488 g/mol. The van der Waals surface area contributed by atoms with Crippen molar-refractivity contribution in [3.63, 3.8) is 0 Å². The smallest absolute Gasteiger partial charge is 0.414 e. The van der Waals surface area contributed by atoms with Crippen molar-refractivity contribution in [2.24, 2.45) is 0 Å². The number of benzene rings is 2. The lowest BCUT2D eigenvalue weighted by Gasteiger charge is -2.34. The number of amides is 2. The van der Waals surface area contributed by atoms with Gasteiger partial charge in [-0.25, -0.2) is 9.59 Å². The number of nitrogens with zero attached hydrogens (tertiary/aromatic N) is 2. The predicted octanol–water partition coefficient (Wildman–Crippen LogP) is 1.29. The van der Waals surface area contributed by atoms with Crippen molar-refractivity contribution in [1.82, 2.24) is 9.80 Å². The highest BCUT2D eigenvalue weighted by molar-refractivity contribution is 6.27. The Hall–Kier alpha value is -4.28. The second-order valence-electron chi connectivity index (χ2n) is 7.44. The summed E-state index contributed by atoms with van der Waals surface area (Å²) in [4.78, 5) is 46.4. The van der Waals surface area contributed by atoms with Crippen LogP contribution in [0.1, 0.15) is 5.56 Å². The van der Waals surface area contributed by atoms with Gasteiger partial charge in [0.25, 0.3) is 11.8 Å². The van der Waals surface area contributed by atoms with Crippen molar-refractivity contribution in [3.05, 3.63) is 54.1 Å². The van der Waals surface area contributed by atoms with E-state index in [1.807, 2.05) is 31.2 Å². The van der Waals surface area contributed by atoms with Crippen molar-refractivity contribution in [2.75, 3.05) is 46.5 Å². The highest BCUT2D eigenvalue weighted by Gasteiger charge is 2.24. The number of carbonyl (C=O) groups is 4. The van der Waals surface area contributed by atoms with E-state index >= 15 is 0 Å². The molecule has 0 spiro atoms. The van der Waals surface area contributed by atoms with Gasteiger partial charge in [0, 0.05) is 26.2 Å². The number of aryl methyl sites for hydroxylation is 1. The zero-order valence-corrected chi connectivity index (χ0v) is 19.5. The van der Waals surface area contributed by atoms with Crippen LogP contribution >= 0.6 is 0 Å². The molecule has 1 saturated heterocycles. The van der Waals surface area contributed by atoms with Crippen LogP contribution in [0.25, 0.3) is 0 Å². The summed E-state index contributed by atoms with van der Waals surface area (Å²) in [5.41, 5.74) is 1.08. The van der Waals surface area contributed by atoms with Crippen LogP contribution < -0.4 is 14.2 Å². The van der Waals surface area contributed by atoms with Crippen molar-refractivity contribution in [2.45, 2.75) is 6.92 Å². The van der Waals surface area contributed by atoms with E-state index in [1.165, 1.54) is 0 Å². The fourth-order valence-corrected chi connectivity index (χ4v) is 3.06. The second kappa shape index (κ2) is 13.4. The number of hydrogen-bond acceptors (Lipinski definition) is 7. The number of carboxylic acids is 2. The van der Waals surface area contributed by atoms with Gasteiger partial charge in [-0.3, -0.25) is 9.59 Å². The maximum atomic E-state index is 12.4. The minimum absolute atomic E-state index is 0.00200. The fourth-order valence-electron chi connectivity index (χ4n) is 3.06. The van der Waals surface area contributed by atoms with Crippen molar-refractivity contribution < 1.29 is 43.6 Å². The molecule has 2 N–H and O–H groups in total. The lowest BCUT2D eigenvalue weighted by molar-refractivity contribution is -0.159. The van der Waals surface area contributed by atoms with Gasteiger partial charge in [-0.15, -0.1) is 0 Å². The van der Waals surface area contributed by atoms with E-state index in [1.54, 1.807) is 41.2 Å². The summed E-state index contributed by atoms with van der Waals surface area (Å²) >= 11 is 0. The first-order chi connectivity index (χ1) is 16.7. The number of carboxylic acid groups (broad SMARTS) is 2. The molecule has 2 amide bonds. The molecule has 0 aliphatic carbocycles. The minimum Gasteiger partial charge on any atom is -0.497 e. The quantitative estimate of drug-likeness (QED) is 0.551. The van der Waals surface area contributed by atoms with Gasteiger partial charge >= 0.3 is 11.9 Å². The van der Waals surface area contributed by atoms with Crippen LogP contribution in [0.3, 0.4) is 0 Å². The zero-order valence-electron chi connectivity index (χ0n) is 19.5. The maximum Gasteiger partial charge on any atom is 0.414 e. The molecule has 0 radical (unpaired) electrons. The van der Waals surface area contributed by atoms with Crippen LogP contribution in [0.15, 0.2) is 48.5 Å². The molecule has 11 heteroatoms. The standard InChI is InChI=1S/C22H26N2O5.C2H2O4/c1-17-4-3-5-20(14-17)29-16-22(26)24-12-10-23(11-13-24)21(25)15-28-19-8-6-18(27-2)7-9-19;3-1(4)2(5)6/h3-9,14H,10-13,15-16H2,1-2H3;(H,3,4)(H,5,6). The summed E-state index contributed by atoms with van der Waals surface area (Å²) in [5.74, 6) is -1.79. The first kappa shape index (κ1) is 27.0. The molecule has 0 atom stereocenters. The van der Waals surface area contributed by atoms with Crippen LogP contribution in [-0.2, 0) is 19.2 Å². The van der Waals surface area contributed by atoms with E-state index < -0.39 is 11.9 Å². The van der Waals surface area contributed by atoms with Crippen LogP contribution in [0.4, 0.5) is 0 Å². The Labute approximate surface area is 202 Å². The van der Waals surface area contributed by atoms with E-state index in [0.29, 0.717) is 37.7 Å². The summed E-state index contributed by atoms with van der Waals surface area (Å²) in [5, 5.41) is 14.8. The summed E-state index contributed by atoms with van der Waals surface area (Å²) < 4.78 is 16.2. The van der Waals surface area contributed by atoms with E-state index in [9.17, 15) is 9.59 Å². The molecule has 1 aliphatic rings. The first-order valence-electron chi connectivity index (χ1n) is 10.7. The van der Waals surface area contributed by atoms with Crippen LogP contribution in [0.2, 0.25) is 0 Å². The van der Waals surface area contributed by atoms with E-state index in [0.717, 1.165) is 11.3 Å². The molecule has 0 bridgehead atoms. The number of methoxy groups -OCH3 is 1. The molecule has 1 aliphatic heterocycles. The third-order valence-electron chi connectivity index (χ3n) is 4.94. The van der Waals surface area contributed by atoms with Crippen molar-refractivity contribution in [3.8, 4) is 17.2 Å². The fraction of sp³-hybridized carbons (Fsp3) is 0.333. The Balaban J connectivity index is 0.000000641. The minimum atomic E-state index is -1.82. The SMILES string of the molecule is COc1ccc(OCC(=O)N2CCN(C(=O)COc3cccc(C)c3)CC2)cc1.O=C(O)C(=O)O. The largest absolute Gasteiger partial charge is 0.497 e. The highest BCUT2D eigenvalue weighted by atomic mass is 16.5. The summed E-state index contributed by atoms with van der Waals surface area (Å²) in [7, 11) is 1.60. The van der Waals surface area contributed by atoms with Gasteiger partial charge in [0.05, 0.1) is 7.11 Å². The first-order valence-corrected chi connectivity index (χ1v) is 10.7. The summed E-state index contributed by atoms with van der Waals surface area (Å²) in [6.45, 7) is 3.90. The topological polar surface area (TPSA) is 143 Å². The molecule has 3 rings (SSSR count). The normalized spacial score (nSPS) is 12.6.